The molecule has 7 heteroatoms. The van der Waals surface area contributed by atoms with Gasteiger partial charge in [0.15, 0.2) is 11.5 Å². The normalized spacial score (nSPS) is 11.2. The fourth-order valence-corrected chi connectivity index (χ4v) is 3.55. The molecule has 0 bridgehead atoms. The van der Waals surface area contributed by atoms with Crippen LogP contribution >= 0.6 is 23.2 Å². The molecule has 0 radical (unpaired) electrons. The van der Waals surface area contributed by atoms with Crippen LogP contribution in [0.3, 0.4) is 0 Å². The van der Waals surface area contributed by atoms with Crippen molar-refractivity contribution in [2.45, 2.75) is 6.42 Å². The Morgan fingerprint density at radius 2 is 1.84 bits per heavy atom. The molecule has 1 amide bonds. The van der Waals surface area contributed by atoms with Crippen LogP contribution in [0.4, 0.5) is 5.69 Å². The first-order chi connectivity index (χ1) is 15.0. The van der Waals surface area contributed by atoms with Gasteiger partial charge in [-0.05, 0) is 53.6 Å². The van der Waals surface area contributed by atoms with E-state index in [0.717, 1.165) is 16.9 Å². The van der Waals surface area contributed by atoms with E-state index in [1.54, 1.807) is 25.3 Å². The molecule has 5 nitrogen and oxygen atoms in total. The lowest BCUT2D eigenvalue weighted by molar-refractivity contribution is -0.111. The zero-order valence-electron chi connectivity index (χ0n) is 16.6. The second-order valence-electron chi connectivity index (χ2n) is 6.81. The Labute approximate surface area is 189 Å². The molecule has 4 rings (SSSR count). The van der Waals surface area contributed by atoms with E-state index in [4.69, 9.17) is 32.4 Å². The summed E-state index contributed by atoms with van der Waals surface area (Å²) in [5, 5.41) is 3.78. The summed E-state index contributed by atoms with van der Waals surface area (Å²) in [6, 6.07) is 18.3. The fraction of sp³-hybridized carbons (Fsp3) is 0.0833. The standard InChI is InChI=1S/C24H18Cl2N2O3/c1-30-19-9-4-15(5-10-19)6-11-22(29)27-18-7-2-16(3-8-18)12-23-28-21-14-17(25)13-20(26)24(21)31-23/h2-11,13-14H,12H2,1H3,(H,27,29)/b11-6+. The fourth-order valence-electron chi connectivity index (χ4n) is 3.03. The molecule has 1 aromatic heterocycles. The van der Waals surface area contributed by atoms with Gasteiger partial charge in [0.1, 0.15) is 11.3 Å². The van der Waals surface area contributed by atoms with Crippen molar-refractivity contribution in [3.05, 3.63) is 93.8 Å². The van der Waals surface area contributed by atoms with Crippen molar-refractivity contribution in [2.24, 2.45) is 0 Å². The molecule has 0 saturated heterocycles. The second kappa shape index (κ2) is 9.25. The maximum atomic E-state index is 12.2. The van der Waals surface area contributed by atoms with Crippen LogP contribution in [0, 0.1) is 0 Å². The van der Waals surface area contributed by atoms with Crippen molar-refractivity contribution in [1.29, 1.82) is 0 Å². The molecule has 156 valence electrons. The van der Waals surface area contributed by atoms with Crippen molar-refractivity contribution in [2.75, 3.05) is 12.4 Å². The zero-order valence-corrected chi connectivity index (χ0v) is 18.1. The molecule has 0 unspecified atom stereocenters. The summed E-state index contributed by atoms with van der Waals surface area (Å²) in [5.74, 6) is 1.10. The highest BCUT2D eigenvalue weighted by molar-refractivity contribution is 6.37. The van der Waals surface area contributed by atoms with Gasteiger partial charge in [-0.25, -0.2) is 4.98 Å². The number of hydrogen-bond acceptors (Lipinski definition) is 4. The Morgan fingerprint density at radius 3 is 2.55 bits per heavy atom. The SMILES string of the molecule is COc1ccc(/C=C/C(=O)Nc2ccc(Cc3nc4cc(Cl)cc(Cl)c4o3)cc2)cc1. The highest BCUT2D eigenvalue weighted by Crippen LogP contribution is 2.29. The number of rotatable bonds is 6. The number of carbonyl (C=O) groups excluding carboxylic acids is 1. The first kappa shape index (κ1) is 21.0. The van der Waals surface area contributed by atoms with E-state index in [2.05, 4.69) is 10.3 Å². The number of benzene rings is 3. The molecular formula is C24H18Cl2N2O3. The summed E-state index contributed by atoms with van der Waals surface area (Å²) in [7, 11) is 1.61. The smallest absolute Gasteiger partial charge is 0.248 e. The van der Waals surface area contributed by atoms with E-state index in [-0.39, 0.29) is 5.91 Å². The summed E-state index contributed by atoms with van der Waals surface area (Å²) in [4.78, 5) is 16.6. The number of nitrogens with one attached hydrogen (secondary N) is 1. The minimum atomic E-state index is -0.214. The summed E-state index contributed by atoms with van der Waals surface area (Å²) >= 11 is 12.2. The lowest BCUT2D eigenvalue weighted by Crippen LogP contribution is -2.07. The number of anilines is 1. The number of carbonyl (C=O) groups is 1. The number of hydrogen-bond donors (Lipinski definition) is 1. The third-order valence-electron chi connectivity index (χ3n) is 4.57. The number of amides is 1. The monoisotopic (exact) mass is 452 g/mol. The minimum absolute atomic E-state index is 0.214. The van der Waals surface area contributed by atoms with Gasteiger partial charge < -0.3 is 14.5 Å². The number of fused-ring (bicyclic) bond motifs is 1. The van der Waals surface area contributed by atoms with Crippen LogP contribution in [0.2, 0.25) is 10.0 Å². The molecule has 0 spiro atoms. The van der Waals surface area contributed by atoms with E-state index in [1.165, 1.54) is 6.08 Å². The minimum Gasteiger partial charge on any atom is -0.497 e. The zero-order chi connectivity index (χ0) is 21.8. The lowest BCUT2D eigenvalue weighted by Gasteiger charge is -2.04. The van der Waals surface area contributed by atoms with Crippen LogP contribution in [0.15, 0.2) is 71.2 Å². The van der Waals surface area contributed by atoms with Crippen molar-refractivity contribution in [3.8, 4) is 5.75 Å². The van der Waals surface area contributed by atoms with Gasteiger partial charge in [-0.15, -0.1) is 0 Å². The third kappa shape index (κ3) is 5.26. The van der Waals surface area contributed by atoms with Crippen molar-refractivity contribution in [1.82, 2.24) is 4.98 Å². The number of oxazole rings is 1. The molecule has 0 aliphatic rings. The number of halogens is 2. The maximum Gasteiger partial charge on any atom is 0.248 e. The van der Waals surface area contributed by atoms with Crippen LogP contribution < -0.4 is 10.1 Å². The lowest BCUT2D eigenvalue weighted by atomic mass is 10.1. The van der Waals surface area contributed by atoms with E-state index < -0.39 is 0 Å². The first-order valence-corrected chi connectivity index (χ1v) is 10.2. The quantitative estimate of drug-likeness (QED) is 0.344. The van der Waals surface area contributed by atoms with Crippen LogP contribution in [-0.4, -0.2) is 18.0 Å². The Morgan fingerprint density at radius 1 is 1.10 bits per heavy atom. The Balaban J connectivity index is 1.38. The Kier molecular flexibility index (Phi) is 6.26. The van der Waals surface area contributed by atoms with Gasteiger partial charge in [0.05, 0.1) is 12.1 Å². The summed E-state index contributed by atoms with van der Waals surface area (Å²) < 4.78 is 10.9. The summed E-state index contributed by atoms with van der Waals surface area (Å²) in [6.07, 6.45) is 3.73. The molecule has 0 aliphatic carbocycles. The number of methoxy groups -OCH3 is 1. The van der Waals surface area contributed by atoms with Crippen molar-refractivity contribution < 1.29 is 13.9 Å². The molecule has 0 atom stereocenters. The molecule has 0 saturated carbocycles. The van der Waals surface area contributed by atoms with Gasteiger partial charge in [0.25, 0.3) is 0 Å². The molecule has 31 heavy (non-hydrogen) atoms. The topological polar surface area (TPSA) is 64.4 Å². The van der Waals surface area contributed by atoms with E-state index in [0.29, 0.717) is 39.1 Å². The Bertz CT molecular complexity index is 1250. The average Bonchev–Trinajstić information content (AvgIpc) is 3.16. The van der Waals surface area contributed by atoms with E-state index >= 15 is 0 Å². The number of nitrogens with zero attached hydrogens (tertiary/aromatic N) is 1. The van der Waals surface area contributed by atoms with Gasteiger partial charge >= 0.3 is 0 Å². The number of aromatic nitrogens is 1. The van der Waals surface area contributed by atoms with Crippen LogP contribution in [-0.2, 0) is 11.2 Å². The summed E-state index contributed by atoms with van der Waals surface area (Å²) in [6.45, 7) is 0. The molecular weight excluding hydrogens is 435 g/mol. The van der Waals surface area contributed by atoms with Crippen LogP contribution in [0.1, 0.15) is 17.0 Å². The Hall–Kier alpha value is -3.28. The van der Waals surface area contributed by atoms with Crippen molar-refractivity contribution >= 4 is 52.0 Å². The average molecular weight is 453 g/mol. The van der Waals surface area contributed by atoms with Gasteiger partial charge in [-0.3, -0.25) is 4.79 Å². The summed E-state index contributed by atoms with van der Waals surface area (Å²) in [5.41, 5.74) is 3.74. The van der Waals surface area contributed by atoms with E-state index in [1.807, 2.05) is 48.5 Å². The van der Waals surface area contributed by atoms with Gasteiger partial charge in [-0.2, -0.15) is 0 Å². The van der Waals surface area contributed by atoms with Gasteiger partial charge in [-0.1, -0.05) is 47.5 Å². The predicted molar refractivity (Wildman–Crippen MR) is 124 cm³/mol. The highest BCUT2D eigenvalue weighted by Gasteiger charge is 2.11. The van der Waals surface area contributed by atoms with Crippen LogP contribution in [0.25, 0.3) is 17.2 Å². The van der Waals surface area contributed by atoms with E-state index in [9.17, 15) is 4.79 Å². The first-order valence-electron chi connectivity index (χ1n) is 9.47. The molecule has 1 heterocycles. The molecule has 3 aromatic carbocycles. The molecule has 1 N–H and O–H groups in total. The van der Waals surface area contributed by atoms with Crippen LogP contribution in [0.5, 0.6) is 5.75 Å². The molecule has 0 aliphatic heterocycles. The van der Waals surface area contributed by atoms with Crippen molar-refractivity contribution in [3.63, 3.8) is 0 Å². The molecule has 0 fully saturated rings. The molecule has 4 aromatic rings. The number of ether oxygens (including phenoxy) is 1. The predicted octanol–water partition coefficient (Wildman–Crippen LogP) is 6.39. The third-order valence-corrected chi connectivity index (χ3v) is 5.07. The maximum absolute atomic E-state index is 12.2. The second-order valence-corrected chi connectivity index (χ2v) is 7.66. The highest BCUT2D eigenvalue weighted by atomic mass is 35.5. The van der Waals surface area contributed by atoms with Gasteiger partial charge in [0.2, 0.25) is 5.91 Å². The largest absolute Gasteiger partial charge is 0.497 e. The van der Waals surface area contributed by atoms with Gasteiger partial charge in [0, 0.05) is 23.2 Å².